The molecule has 0 saturated carbocycles. The van der Waals surface area contributed by atoms with Crippen molar-refractivity contribution in [3.05, 3.63) is 48.4 Å². The first-order chi connectivity index (χ1) is 8.33. The van der Waals surface area contributed by atoms with E-state index in [1.165, 1.54) is 0 Å². The number of rotatable bonds is 2. The first kappa shape index (κ1) is 9.65. The van der Waals surface area contributed by atoms with Gasteiger partial charge in [-0.25, -0.2) is 0 Å². The highest BCUT2D eigenvalue weighted by Crippen LogP contribution is 2.18. The highest BCUT2D eigenvalue weighted by atomic mass is 16.1. The fourth-order valence-corrected chi connectivity index (χ4v) is 1.71. The number of hydrogen-bond donors (Lipinski definition) is 3. The van der Waals surface area contributed by atoms with Gasteiger partial charge in [0, 0.05) is 29.0 Å². The fraction of sp³-hybridized carbons (Fsp3) is 0. The maximum atomic E-state index is 11.8. The van der Waals surface area contributed by atoms with Gasteiger partial charge in [0.25, 0.3) is 5.91 Å². The van der Waals surface area contributed by atoms with Crippen LogP contribution in [0.4, 0.5) is 5.69 Å². The maximum Gasteiger partial charge on any atom is 0.273 e. The Morgan fingerprint density at radius 1 is 1.24 bits per heavy atom. The van der Waals surface area contributed by atoms with Gasteiger partial charge in [0.15, 0.2) is 0 Å². The first-order valence-electron chi connectivity index (χ1n) is 5.21. The molecule has 0 aliphatic rings. The molecule has 0 bridgehead atoms. The van der Waals surface area contributed by atoms with Crippen LogP contribution in [0.2, 0.25) is 0 Å². The van der Waals surface area contributed by atoms with Gasteiger partial charge >= 0.3 is 0 Å². The lowest BCUT2D eigenvalue weighted by Crippen LogP contribution is -2.12. The molecular formula is C12H10N4O. The Morgan fingerprint density at radius 3 is 3.00 bits per heavy atom. The molecule has 0 aliphatic carbocycles. The minimum absolute atomic E-state index is 0.197. The van der Waals surface area contributed by atoms with Crippen molar-refractivity contribution in [2.24, 2.45) is 0 Å². The van der Waals surface area contributed by atoms with Crippen molar-refractivity contribution in [1.29, 1.82) is 0 Å². The number of fused-ring (bicyclic) bond motifs is 1. The van der Waals surface area contributed by atoms with Crippen molar-refractivity contribution in [1.82, 2.24) is 15.2 Å². The number of H-pyrrole nitrogens is 2. The van der Waals surface area contributed by atoms with Gasteiger partial charge in [-0.3, -0.25) is 9.89 Å². The minimum atomic E-state index is -0.197. The zero-order valence-electron chi connectivity index (χ0n) is 8.90. The van der Waals surface area contributed by atoms with Gasteiger partial charge in [-0.05, 0) is 30.3 Å². The maximum absolute atomic E-state index is 11.8. The van der Waals surface area contributed by atoms with E-state index in [1.807, 2.05) is 30.5 Å². The largest absolute Gasteiger partial charge is 0.361 e. The van der Waals surface area contributed by atoms with Gasteiger partial charge in [0.2, 0.25) is 0 Å². The SMILES string of the molecule is O=C(Nc1ccc2[nH]ccc2c1)c1ccn[nH]1. The van der Waals surface area contributed by atoms with E-state index in [1.54, 1.807) is 12.3 Å². The Balaban J connectivity index is 1.87. The Bertz CT molecular complexity index is 654. The number of benzene rings is 1. The number of amides is 1. The topological polar surface area (TPSA) is 73.6 Å². The Labute approximate surface area is 96.9 Å². The number of hydrogen-bond acceptors (Lipinski definition) is 2. The van der Waals surface area contributed by atoms with Crippen LogP contribution in [0, 0.1) is 0 Å². The summed E-state index contributed by atoms with van der Waals surface area (Å²) in [7, 11) is 0. The molecule has 0 aliphatic heterocycles. The molecule has 1 amide bonds. The summed E-state index contributed by atoms with van der Waals surface area (Å²) in [4.78, 5) is 14.9. The van der Waals surface area contributed by atoms with E-state index < -0.39 is 0 Å². The second kappa shape index (κ2) is 3.79. The molecule has 5 nitrogen and oxygen atoms in total. The number of carbonyl (C=O) groups excluding carboxylic acids is 1. The Hall–Kier alpha value is -2.56. The monoisotopic (exact) mass is 226 g/mol. The van der Waals surface area contributed by atoms with Gasteiger partial charge in [0.05, 0.1) is 0 Å². The third kappa shape index (κ3) is 1.78. The molecule has 1 aromatic carbocycles. The summed E-state index contributed by atoms with van der Waals surface area (Å²) in [5.74, 6) is -0.197. The lowest BCUT2D eigenvalue weighted by Gasteiger charge is -2.03. The minimum Gasteiger partial charge on any atom is -0.361 e. The molecule has 0 saturated heterocycles. The van der Waals surface area contributed by atoms with Gasteiger partial charge in [-0.1, -0.05) is 0 Å². The highest BCUT2D eigenvalue weighted by Gasteiger charge is 2.07. The van der Waals surface area contributed by atoms with Crippen LogP contribution in [-0.4, -0.2) is 21.1 Å². The van der Waals surface area contributed by atoms with Crippen LogP contribution < -0.4 is 5.32 Å². The predicted octanol–water partition coefficient (Wildman–Crippen LogP) is 2.14. The molecule has 17 heavy (non-hydrogen) atoms. The molecule has 3 N–H and O–H groups in total. The van der Waals surface area contributed by atoms with Crippen LogP contribution >= 0.6 is 0 Å². The van der Waals surface area contributed by atoms with Gasteiger partial charge in [-0.15, -0.1) is 0 Å². The van der Waals surface area contributed by atoms with Crippen LogP contribution in [0.1, 0.15) is 10.5 Å². The zero-order chi connectivity index (χ0) is 11.7. The summed E-state index contributed by atoms with van der Waals surface area (Å²) in [5.41, 5.74) is 2.25. The first-order valence-corrected chi connectivity index (χ1v) is 5.21. The lowest BCUT2D eigenvalue weighted by molar-refractivity contribution is 0.102. The second-order valence-corrected chi connectivity index (χ2v) is 3.70. The van der Waals surface area contributed by atoms with E-state index in [2.05, 4.69) is 20.5 Å². The normalized spacial score (nSPS) is 10.6. The van der Waals surface area contributed by atoms with E-state index in [-0.39, 0.29) is 5.91 Å². The number of aromatic nitrogens is 3. The molecule has 2 aromatic heterocycles. The second-order valence-electron chi connectivity index (χ2n) is 3.70. The third-order valence-electron chi connectivity index (χ3n) is 2.56. The van der Waals surface area contributed by atoms with Crippen LogP contribution in [0.5, 0.6) is 0 Å². The molecule has 2 heterocycles. The molecule has 3 rings (SSSR count). The van der Waals surface area contributed by atoms with Crippen molar-refractivity contribution in [2.45, 2.75) is 0 Å². The van der Waals surface area contributed by atoms with Crippen molar-refractivity contribution in [2.75, 3.05) is 5.32 Å². The smallest absolute Gasteiger partial charge is 0.273 e. The van der Waals surface area contributed by atoms with Crippen LogP contribution in [0.15, 0.2) is 42.7 Å². The summed E-state index contributed by atoms with van der Waals surface area (Å²) in [6, 6.07) is 9.29. The summed E-state index contributed by atoms with van der Waals surface area (Å²) in [6.07, 6.45) is 3.41. The van der Waals surface area contributed by atoms with Crippen molar-refractivity contribution in [3.63, 3.8) is 0 Å². The zero-order valence-corrected chi connectivity index (χ0v) is 8.90. The van der Waals surface area contributed by atoms with Crippen LogP contribution in [-0.2, 0) is 0 Å². The van der Waals surface area contributed by atoms with E-state index >= 15 is 0 Å². The lowest BCUT2D eigenvalue weighted by atomic mass is 10.2. The van der Waals surface area contributed by atoms with E-state index in [0.29, 0.717) is 5.69 Å². The summed E-state index contributed by atoms with van der Waals surface area (Å²) in [6.45, 7) is 0. The van der Waals surface area contributed by atoms with E-state index in [4.69, 9.17) is 0 Å². The number of nitrogens with zero attached hydrogens (tertiary/aromatic N) is 1. The van der Waals surface area contributed by atoms with Gasteiger partial charge in [-0.2, -0.15) is 5.10 Å². The van der Waals surface area contributed by atoms with Crippen LogP contribution in [0.25, 0.3) is 10.9 Å². The molecule has 0 radical (unpaired) electrons. The number of carbonyl (C=O) groups is 1. The molecule has 84 valence electrons. The quantitative estimate of drug-likeness (QED) is 0.626. The molecule has 0 atom stereocenters. The average molecular weight is 226 g/mol. The number of anilines is 1. The molecular weight excluding hydrogens is 216 g/mol. The predicted molar refractivity (Wildman–Crippen MR) is 64.8 cm³/mol. The molecule has 5 heteroatoms. The van der Waals surface area contributed by atoms with Crippen molar-refractivity contribution >= 4 is 22.5 Å². The van der Waals surface area contributed by atoms with Crippen molar-refractivity contribution in [3.8, 4) is 0 Å². The van der Waals surface area contributed by atoms with Gasteiger partial charge in [0.1, 0.15) is 5.69 Å². The van der Waals surface area contributed by atoms with E-state index in [0.717, 1.165) is 16.6 Å². The molecule has 0 spiro atoms. The van der Waals surface area contributed by atoms with Gasteiger partial charge < -0.3 is 10.3 Å². The van der Waals surface area contributed by atoms with Crippen molar-refractivity contribution < 1.29 is 4.79 Å². The standard InChI is InChI=1S/C12H10N4O/c17-12(11-4-6-14-16-11)15-9-1-2-10-8(7-9)3-5-13-10/h1-7,13H,(H,14,16)(H,15,17). The number of aromatic amines is 2. The Kier molecular flexibility index (Phi) is 2.15. The van der Waals surface area contributed by atoms with E-state index in [9.17, 15) is 4.79 Å². The fourth-order valence-electron chi connectivity index (χ4n) is 1.71. The highest BCUT2D eigenvalue weighted by molar-refractivity contribution is 6.03. The molecule has 0 unspecified atom stereocenters. The average Bonchev–Trinajstić information content (AvgIpc) is 2.99. The summed E-state index contributed by atoms with van der Waals surface area (Å²) in [5, 5.41) is 10.2. The van der Waals surface area contributed by atoms with Crippen LogP contribution in [0.3, 0.4) is 0 Å². The summed E-state index contributed by atoms with van der Waals surface area (Å²) < 4.78 is 0. The number of nitrogens with one attached hydrogen (secondary N) is 3. The third-order valence-corrected chi connectivity index (χ3v) is 2.56. The Morgan fingerprint density at radius 2 is 2.18 bits per heavy atom. The summed E-state index contributed by atoms with van der Waals surface area (Å²) >= 11 is 0. The molecule has 0 fully saturated rings. The molecule has 3 aromatic rings.